The van der Waals surface area contributed by atoms with E-state index < -0.39 is 0 Å². The fraction of sp³-hybridized carbons (Fsp3) is 0.125. The summed E-state index contributed by atoms with van der Waals surface area (Å²) in [5, 5.41) is 5.24. The first-order valence-corrected chi connectivity index (χ1v) is 11.6. The average molecular weight is 511 g/mol. The van der Waals surface area contributed by atoms with Crippen LogP contribution in [-0.4, -0.2) is 4.57 Å². The summed E-state index contributed by atoms with van der Waals surface area (Å²) in [7, 11) is 2.18. The Morgan fingerprint density at radius 1 is 0.676 bits per heavy atom. The minimum atomic E-state index is -0.0300. The zero-order chi connectivity index (χ0) is 22.3. The molecule has 1 heterocycles. The average Bonchev–Trinajstić information content (AvgIpc) is 3.27. The molecule has 34 heavy (non-hydrogen) atoms. The van der Waals surface area contributed by atoms with Crippen LogP contribution in [0.4, 0.5) is 0 Å². The number of fused-ring (bicyclic) bond motifs is 8. The van der Waals surface area contributed by atoms with E-state index in [1.807, 2.05) is 6.07 Å². The first-order chi connectivity index (χ1) is 16.1. The monoisotopic (exact) mass is 511 g/mol. The van der Waals surface area contributed by atoms with Crippen LogP contribution < -0.4 is 0 Å². The van der Waals surface area contributed by atoms with Gasteiger partial charge in [0, 0.05) is 61.4 Å². The maximum Gasteiger partial charge on any atom is 0.0568 e. The second-order valence-electron chi connectivity index (χ2n) is 9.80. The van der Waals surface area contributed by atoms with Crippen molar-refractivity contribution in [2.45, 2.75) is 19.3 Å². The van der Waals surface area contributed by atoms with Gasteiger partial charge in [-0.2, -0.15) is 24.3 Å². The SMILES string of the molecule is Cn1c2ccccc2c2cc(-c3ccc4c(c3)C(C)(C)c3c[c-]ccc3-4)c3ccccc3c21.[Y]. The summed E-state index contributed by atoms with van der Waals surface area (Å²) < 4.78 is 2.34. The summed E-state index contributed by atoms with van der Waals surface area (Å²) >= 11 is 0. The molecule has 0 aliphatic heterocycles. The molecule has 0 bridgehead atoms. The van der Waals surface area contributed by atoms with Gasteiger partial charge in [0.25, 0.3) is 0 Å². The normalized spacial score (nSPS) is 13.7. The van der Waals surface area contributed by atoms with Gasteiger partial charge in [0.1, 0.15) is 0 Å². The molecule has 0 amide bonds. The van der Waals surface area contributed by atoms with Gasteiger partial charge in [-0.1, -0.05) is 74.5 Å². The van der Waals surface area contributed by atoms with Gasteiger partial charge >= 0.3 is 0 Å². The molecule has 0 saturated carbocycles. The van der Waals surface area contributed by atoms with Crippen molar-refractivity contribution >= 4 is 32.6 Å². The third-order valence-electron chi connectivity index (χ3n) is 7.74. The van der Waals surface area contributed by atoms with Crippen molar-refractivity contribution in [3.63, 3.8) is 0 Å². The molecule has 0 fully saturated rings. The van der Waals surface area contributed by atoms with Crippen LogP contribution in [0.25, 0.3) is 54.8 Å². The van der Waals surface area contributed by atoms with Gasteiger partial charge in [0.2, 0.25) is 0 Å². The molecular formula is C32H24NY-. The number of hydrogen-bond acceptors (Lipinski definition) is 0. The topological polar surface area (TPSA) is 4.93 Å². The van der Waals surface area contributed by atoms with Crippen molar-refractivity contribution in [3.8, 4) is 22.3 Å². The van der Waals surface area contributed by atoms with E-state index in [4.69, 9.17) is 0 Å². The molecule has 0 spiro atoms. The number of rotatable bonds is 1. The largest absolute Gasteiger partial charge is 0.343 e. The number of para-hydroxylation sites is 1. The molecular weight excluding hydrogens is 487 g/mol. The van der Waals surface area contributed by atoms with E-state index >= 15 is 0 Å². The molecule has 1 radical (unpaired) electrons. The Morgan fingerprint density at radius 2 is 1.38 bits per heavy atom. The van der Waals surface area contributed by atoms with Gasteiger partial charge in [-0.25, -0.2) is 0 Å². The van der Waals surface area contributed by atoms with Crippen molar-refractivity contribution in [2.75, 3.05) is 0 Å². The number of nitrogens with zero attached hydrogens (tertiary/aromatic N) is 1. The molecule has 161 valence electrons. The van der Waals surface area contributed by atoms with Gasteiger partial charge in [-0.3, -0.25) is 0 Å². The molecule has 0 atom stereocenters. The predicted octanol–water partition coefficient (Wildman–Crippen LogP) is 8.26. The zero-order valence-corrected chi connectivity index (χ0v) is 22.5. The van der Waals surface area contributed by atoms with Gasteiger partial charge in [0.15, 0.2) is 0 Å². The van der Waals surface area contributed by atoms with E-state index in [0.717, 1.165) is 0 Å². The maximum atomic E-state index is 3.29. The van der Waals surface area contributed by atoms with Crippen molar-refractivity contribution in [1.29, 1.82) is 0 Å². The summed E-state index contributed by atoms with van der Waals surface area (Å²) in [6, 6.07) is 36.7. The predicted molar refractivity (Wildman–Crippen MR) is 140 cm³/mol. The van der Waals surface area contributed by atoms with Crippen LogP contribution in [0.1, 0.15) is 25.0 Å². The van der Waals surface area contributed by atoms with E-state index in [1.54, 1.807) is 0 Å². The third kappa shape index (κ3) is 2.81. The molecule has 0 unspecified atom stereocenters. The van der Waals surface area contributed by atoms with E-state index in [1.165, 1.54) is 66.0 Å². The van der Waals surface area contributed by atoms with Crippen LogP contribution in [0, 0.1) is 6.07 Å². The van der Waals surface area contributed by atoms with Gasteiger partial charge in [-0.05, 0) is 45.2 Å². The summed E-state index contributed by atoms with van der Waals surface area (Å²) in [6.07, 6.45) is 0. The van der Waals surface area contributed by atoms with Crippen LogP contribution in [-0.2, 0) is 45.2 Å². The summed E-state index contributed by atoms with van der Waals surface area (Å²) in [5.74, 6) is 0. The molecule has 5 aromatic carbocycles. The Morgan fingerprint density at radius 3 is 2.21 bits per heavy atom. The Balaban J connectivity index is 0.00000217. The van der Waals surface area contributed by atoms with Crippen LogP contribution in [0.3, 0.4) is 0 Å². The minimum Gasteiger partial charge on any atom is -0.343 e. The Bertz CT molecular complexity index is 1750. The zero-order valence-electron chi connectivity index (χ0n) is 19.7. The van der Waals surface area contributed by atoms with Gasteiger partial charge < -0.3 is 4.57 Å². The van der Waals surface area contributed by atoms with Crippen molar-refractivity contribution in [3.05, 3.63) is 108 Å². The smallest absolute Gasteiger partial charge is 0.0568 e. The molecule has 2 heteroatoms. The second kappa shape index (κ2) is 7.63. The van der Waals surface area contributed by atoms with E-state index in [0.29, 0.717) is 0 Å². The first kappa shape index (κ1) is 21.8. The van der Waals surface area contributed by atoms with E-state index in [9.17, 15) is 0 Å². The molecule has 1 nitrogen and oxygen atoms in total. The quantitative estimate of drug-likeness (QED) is 0.196. The fourth-order valence-corrected chi connectivity index (χ4v) is 6.07. The number of aryl methyl sites for hydroxylation is 1. The summed E-state index contributed by atoms with van der Waals surface area (Å²) in [4.78, 5) is 0. The summed E-state index contributed by atoms with van der Waals surface area (Å²) in [5.41, 5.74) is 10.6. The molecule has 7 rings (SSSR count). The molecule has 1 aliphatic carbocycles. The van der Waals surface area contributed by atoms with Crippen LogP contribution in [0.5, 0.6) is 0 Å². The summed E-state index contributed by atoms with van der Waals surface area (Å²) in [6.45, 7) is 4.67. The molecule has 1 aromatic heterocycles. The van der Waals surface area contributed by atoms with E-state index in [2.05, 4.69) is 116 Å². The molecule has 0 saturated heterocycles. The molecule has 6 aromatic rings. The standard InChI is InChI=1S/C32H24N.Y/c1-32(2)28-14-8-6-11-22(28)23-17-16-20(18-29(23)32)26-19-27-24-12-7-9-15-30(24)33(3)31(27)25-13-5-4-10-21(25)26;/h4-7,9-19H,1-3H3;/q-1;. The number of hydrogen-bond donors (Lipinski definition) is 0. The second-order valence-corrected chi connectivity index (χ2v) is 9.80. The first-order valence-electron chi connectivity index (χ1n) is 11.6. The van der Waals surface area contributed by atoms with Crippen molar-refractivity contribution in [2.24, 2.45) is 7.05 Å². The van der Waals surface area contributed by atoms with Gasteiger partial charge in [-0.15, -0.1) is 11.1 Å². The van der Waals surface area contributed by atoms with Crippen molar-refractivity contribution < 1.29 is 32.7 Å². The number of benzene rings is 5. The Kier molecular flexibility index (Phi) is 4.89. The third-order valence-corrected chi connectivity index (χ3v) is 7.74. The molecule has 0 N–H and O–H groups in total. The fourth-order valence-electron chi connectivity index (χ4n) is 6.07. The Hall–Kier alpha value is -2.74. The van der Waals surface area contributed by atoms with Crippen LogP contribution in [0.2, 0.25) is 0 Å². The maximum absolute atomic E-state index is 3.29. The van der Waals surface area contributed by atoms with E-state index in [-0.39, 0.29) is 38.1 Å². The molecule has 1 aliphatic rings. The van der Waals surface area contributed by atoms with Crippen LogP contribution >= 0.6 is 0 Å². The van der Waals surface area contributed by atoms with Gasteiger partial charge in [0.05, 0.1) is 5.52 Å². The number of aromatic nitrogens is 1. The van der Waals surface area contributed by atoms with Crippen LogP contribution in [0.15, 0.2) is 91.0 Å². The minimum absolute atomic E-state index is 0. The van der Waals surface area contributed by atoms with Crippen molar-refractivity contribution in [1.82, 2.24) is 4.57 Å². The Labute approximate surface area is 225 Å².